The molecule has 0 saturated carbocycles. The van der Waals surface area contributed by atoms with Gasteiger partial charge in [-0.05, 0) is 32.4 Å². The second-order valence-corrected chi connectivity index (χ2v) is 8.03. The van der Waals surface area contributed by atoms with E-state index in [1.54, 1.807) is 38.6 Å². The molecule has 0 aliphatic rings. The first-order valence-electron chi connectivity index (χ1n) is 9.23. The second-order valence-electron chi connectivity index (χ2n) is 6.72. The van der Waals surface area contributed by atoms with Gasteiger partial charge < -0.3 is 14.8 Å². The SMILES string of the molecule is COc1cc(NC(=O)C(C)Sc2nccn2-c2ccc(C)cc2C)cc(OC)c1. The van der Waals surface area contributed by atoms with E-state index in [0.29, 0.717) is 17.2 Å². The zero-order chi connectivity index (χ0) is 21.0. The number of aryl methyl sites for hydroxylation is 2. The number of hydrogen-bond acceptors (Lipinski definition) is 5. The van der Waals surface area contributed by atoms with E-state index >= 15 is 0 Å². The first-order valence-corrected chi connectivity index (χ1v) is 10.1. The molecular weight excluding hydrogens is 386 g/mol. The number of nitrogens with zero attached hydrogens (tertiary/aromatic N) is 2. The van der Waals surface area contributed by atoms with Gasteiger partial charge in [-0.3, -0.25) is 9.36 Å². The normalized spacial score (nSPS) is 11.8. The summed E-state index contributed by atoms with van der Waals surface area (Å²) in [5, 5.41) is 3.34. The fourth-order valence-electron chi connectivity index (χ4n) is 2.97. The van der Waals surface area contributed by atoms with Crippen LogP contribution in [0.5, 0.6) is 11.5 Å². The van der Waals surface area contributed by atoms with E-state index in [1.807, 2.05) is 17.7 Å². The number of benzene rings is 2. The highest BCUT2D eigenvalue weighted by Crippen LogP contribution is 2.29. The summed E-state index contributed by atoms with van der Waals surface area (Å²) in [6, 6.07) is 11.6. The van der Waals surface area contributed by atoms with Gasteiger partial charge in [0, 0.05) is 36.3 Å². The number of carbonyl (C=O) groups excluding carboxylic acids is 1. The Hall–Kier alpha value is -2.93. The van der Waals surface area contributed by atoms with E-state index in [9.17, 15) is 4.79 Å². The van der Waals surface area contributed by atoms with Crippen molar-refractivity contribution < 1.29 is 14.3 Å². The van der Waals surface area contributed by atoms with Crippen molar-refractivity contribution in [3.05, 3.63) is 59.9 Å². The Balaban J connectivity index is 1.75. The van der Waals surface area contributed by atoms with Crippen LogP contribution in [0.4, 0.5) is 5.69 Å². The van der Waals surface area contributed by atoms with Gasteiger partial charge in [0.1, 0.15) is 11.5 Å². The molecule has 0 spiro atoms. The quantitative estimate of drug-likeness (QED) is 0.575. The number of nitrogens with one attached hydrogen (secondary N) is 1. The summed E-state index contributed by atoms with van der Waals surface area (Å²) in [4.78, 5) is 17.2. The second kappa shape index (κ2) is 9.05. The number of imidazole rings is 1. The Morgan fingerprint density at radius 2 is 1.79 bits per heavy atom. The summed E-state index contributed by atoms with van der Waals surface area (Å²) in [6.07, 6.45) is 3.66. The minimum absolute atomic E-state index is 0.125. The minimum Gasteiger partial charge on any atom is -0.497 e. The molecular formula is C22H25N3O3S. The van der Waals surface area contributed by atoms with Crippen molar-refractivity contribution >= 4 is 23.4 Å². The van der Waals surface area contributed by atoms with E-state index in [0.717, 1.165) is 16.4 Å². The Bertz CT molecular complexity index is 994. The van der Waals surface area contributed by atoms with Crippen LogP contribution in [-0.2, 0) is 4.79 Å². The molecule has 29 heavy (non-hydrogen) atoms. The summed E-state index contributed by atoms with van der Waals surface area (Å²) in [5.41, 5.74) is 4.05. The minimum atomic E-state index is -0.348. The Morgan fingerprint density at radius 3 is 2.41 bits per heavy atom. The van der Waals surface area contributed by atoms with Crippen LogP contribution in [0.15, 0.2) is 53.9 Å². The number of carbonyl (C=O) groups is 1. The van der Waals surface area contributed by atoms with E-state index in [1.165, 1.54) is 17.3 Å². The van der Waals surface area contributed by atoms with Crippen LogP contribution < -0.4 is 14.8 Å². The number of thioether (sulfide) groups is 1. The van der Waals surface area contributed by atoms with E-state index in [-0.39, 0.29) is 11.2 Å². The Kier molecular flexibility index (Phi) is 6.49. The molecule has 2 aromatic carbocycles. The van der Waals surface area contributed by atoms with Gasteiger partial charge in [-0.1, -0.05) is 29.5 Å². The number of rotatable bonds is 7. The Morgan fingerprint density at radius 1 is 1.10 bits per heavy atom. The van der Waals surface area contributed by atoms with Crippen molar-refractivity contribution in [3.8, 4) is 17.2 Å². The van der Waals surface area contributed by atoms with Crippen molar-refractivity contribution in [2.75, 3.05) is 19.5 Å². The van der Waals surface area contributed by atoms with Crippen LogP contribution >= 0.6 is 11.8 Å². The summed E-state index contributed by atoms with van der Waals surface area (Å²) >= 11 is 1.41. The lowest BCUT2D eigenvalue weighted by Crippen LogP contribution is -2.23. The van der Waals surface area contributed by atoms with Gasteiger partial charge in [0.15, 0.2) is 5.16 Å². The van der Waals surface area contributed by atoms with Gasteiger partial charge in [0.2, 0.25) is 5.91 Å². The fourth-order valence-corrected chi connectivity index (χ4v) is 3.85. The molecule has 3 rings (SSSR count). The average molecular weight is 412 g/mol. The van der Waals surface area contributed by atoms with Crippen LogP contribution in [0.1, 0.15) is 18.1 Å². The summed E-state index contributed by atoms with van der Waals surface area (Å²) in [7, 11) is 3.15. The van der Waals surface area contributed by atoms with Gasteiger partial charge in [0.05, 0.1) is 25.2 Å². The zero-order valence-corrected chi connectivity index (χ0v) is 18.0. The molecule has 1 atom stereocenters. The van der Waals surface area contributed by atoms with Gasteiger partial charge in [-0.2, -0.15) is 0 Å². The van der Waals surface area contributed by atoms with Crippen LogP contribution in [0, 0.1) is 13.8 Å². The molecule has 1 unspecified atom stereocenters. The number of anilines is 1. The molecule has 0 saturated heterocycles. The largest absolute Gasteiger partial charge is 0.497 e. The van der Waals surface area contributed by atoms with Crippen LogP contribution in [0.25, 0.3) is 5.69 Å². The standard InChI is InChI=1S/C22H25N3O3S/c1-14-6-7-20(15(2)10-14)25-9-8-23-22(25)29-16(3)21(26)24-17-11-18(27-4)13-19(12-17)28-5/h6-13,16H,1-5H3,(H,24,26). The van der Waals surface area contributed by atoms with Crippen LogP contribution in [0.3, 0.4) is 0 Å². The van der Waals surface area contributed by atoms with Gasteiger partial charge in [-0.15, -0.1) is 0 Å². The smallest absolute Gasteiger partial charge is 0.237 e. The summed E-state index contributed by atoms with van der Waals surface area (Å²) in [6.45, 7) is 6.00. The molecule has 152 valence electrons. The molecule has 7 heteroatoms. The highest BCUT2D eigenvalue weighted by atomic mass is 32.2. The summed E-state index contributed by atoms with van der Waals surface area (Å²) < 4.78 is 12.5. The van der Waals surface area contributed by atoms with Crippen molar-refractivity contribution in [2.45, 2.75) is 31.2 Å². The third kappa shape index (κ3) is 4.92. The molecule has 0 radical (unpaired) electrons. The van der Waals surface area contributed by atoms with Crippen LogP contribution in [0.2, 0.25) is 0 Å². The van der Waals surface area contributed by atoms with Gasteiger partial charge in [-0.25, -0.2) is 4.98 Å². The molecule has 1 heterocycles. The van der Waals surface area contributed by atoms with Gasteiger partial charge in [0.25, 0.3) is 0 Å². The van der Waals surface area contributed by atoms with E-state index in [4.69, 9.17) is 9.47 Å². The van der Waals surface area contributed by atoms with Crippen molar-refractivity contribution in [1.29, 1.82) is 0 Å². The predicted molar refractivity (Wildman–Crippen MR) is 117 cm³/mol. The third-order valence-electron chi connectivity index (χ3n) is 4.49. The van der Waals surface area contributed by atoms with Crippen molar-refractivity contribution in [1.82, 2.24) is 9.55 Å². The molecule has 1 N–H and O–H groups in total. The average Bonchev–Trinajstić information content (AvgIpc) is 3.15. The third-order valence-corrected chi connectivity index (χ3v) is 5.57. The first-order chi connectivity index (χ1) is 13.9. The molecule has 0 aliphatic heterocycles. The van der Waals surface area contributed by atoms with Gasteiger partial charge >= 0.3 is 0 Å². The highest BCUT2D eigenvalue weighted by Gasteiger charge is 2.19. The zero-order valence-electron chi connectivity index (χ0n) is 17.2. The first kappa shape index (κ1) is 20.8. The Labute approximate surface area is 175 Å². The maximum atomic E-state index is 12.7. The molecule has 1 amide bonds. The maximum Gasteiger partial charge on any atom is 0.237 e. The molecule has 3 aromatic rings. The molecule has 0 fully saturated rings. The highest BCUT2D eigenvalue weighted by molar-refractivity contribution is 8.00. The fraction of sp³-hybridized carbons (Fsp3) is 0.273. The lowest BCUT2D eigenvalue weighted by atomic mass is 10.1. The number of amides is 1. The van der Waals surface area contributed by atoms with Crippen molar-refractivity contribution in [2.24, 2.45) is 0 Å². The lowest BCUT2D eigenvalue weighted by Gasteiger charge is -2.15. The molecule has 0 bridgehead atoms. The lowest BCUT2D eigenvalue weighted by molar-refractivity contribution is -0.115. The topological polar surface area (TPSA) is 65.4 Å². The van der Waals surface area contributed by atoms with Crippen molar-refractivity contribution in [3.63, 3.8) is 0 Å². The maximum absolute atomic E-state index is 12.7. The summed E-state index contributed by atoms with van der Waals surface area (Å²) in [5.74, 6) is 1.11. The number of ether oxygens (including phenoxy) is 2. The molecule has 1 aromatic heterocycles. The number of hydrogen-bond donors (Lipinski definition) is 1. The van der Waals surface area contributed by atoms with E-state index < -0.39 is 0 Å². The van der Waals surface area contributed by atoms with Crippen LogP contribution in [-0.4, -0.2) is 34.9 Å². The predicted octanol–water partition coefficient (Wildman–Crippen LogP) is 4.63. The number of methoxy groups -OCH3 is 2. The molecule has 6 nitrogen and oxygen atoms in total. The monoisotopic (exact) mass is 411 g/mol. The molecule has 0 aliphatic carbocycles. The van der Waals surface area contributed by atoms with E-state index in [2.05, 4.69) is 42.3 Å². The number of aromatic nitrogens is 2.